The van der Waals surface area contributed by atoms with Gasteiger partial charge in [-0.3, -0.25) is 27.9 Å². The van der Waals surface area contributed by atoms with Crippen LogP contribution in [0.15, 0.2) is 21.9 Å². The van der Waals surface area contributed by atoms with Crippen molar-refractivity contribution in [2.75, 3.05) is 6.61 Å². The summed E-state index contributed by atoms with van der Waals surface area (Å²) < 4.78 is 48.9. The van der Waals surface area contributed by atoms with Gasteiger partial charge in [-0.2, -0.15) is 0 Å². The van der Waals surface area contributed by atoms with E-state index in [0.29, 0.717) is 0 Å². The molecule has 2 aliphatic heterocycles. The van der Waals surface area contributed by atoms with E-state index in [1.54, 1.807) is 13.8 Å². The van der Waals surface area contributed by atoms with Gasteiger partial charge in [0.2, 0.25) is 0 Å². The van der Waals surface area contributed by atoms with Crippen molar-refractivity contribution in [2.45, 2.75) is 43.5 Å². The van der Waals surface area contributed by atoms with Crippen LogP contribution in [0, 0.1) is 0 Å². The van der Waals surface area contributed by atoms with Crippen molar-refractivity contribution in [1.29, 1.82) is 0 Å². The topological polar surface area (TPSA) is 109 Å². The van der Waals surface area contributed by atoms with Gasteiger partial charge in [-0.1, -0.05) is 11.6 Å². The first kappa shape index (κ1) is 17.8. The first-order valence-electron chi connectivity index (χ1n) is 7.08. The standard InChI is InChI=1S/C12H15ClFN2O7P/c1-6(2)22-24(19)20-5-7-9(23-24)12(13,14)10(21-7)16-4-3-8(17)15-11(16)18/h3-4,6-7,9-10H,5H2,1-2H3,(H,15,17,18). The summed E-state index contributed by atoms with van der Waals surface area (Å²) in [5, 5.41) is -2.73. The first-order chi connectivity index (χ1) is 11.1. The molecule has 2 aliphatic rings. The molecule has 1 aromatic rings. The van der Waals surface area contributed by atoms with Crippen molar-refractivity contribution < 1.29 is 27.3 Å². The lowest BCUT2D eigenvalue weighted by atomic mass is 10.1. The molecule has 3 rings (SSSR count). The van der Waals surface area contributed by atoms with Crippen molar-refractivity contribution in [1.82, 2.24) is 9.55 Å². The Morgan fingerprint density at radius 2 is 2.25 bits per heavy atom. The van der Waals surface area contributed by atoms with Gasteiger partial charge < -0.3 is 4.74 Å². The summed E-state index contributed by atoms with van der Waals surface area (Å²) in [6.07, 6.45) is -3.54. The van der Waals surface area contributed by atoms with E-state index in [1.165, 1.54) is 0 Å². The van der Waals surface area contributed by atoms with Crippen molar-refractivity contribution >= 4 is 19.4 Å². The largest absolute Gasteiger partial charge is 0.475 e. The zero-order valence-corrected chi connectivity index (χ0v) is 14.3. The molecule has 0 spiro atoms. The zero-order chi connectivity index (χ0) is 17.7. The van der Waals surface area contributed by atoms with Crippen LogP contribution < -0.4 is 11.2 Å². The number of aromatic nitrogens is 2. The number of H-pyrrole nitrogens is 1. The van der Waals surface area contributed by atoms with Gasteiger partial charge in [-0.25, -0.2) is 13.8 Å². The summed E-state index contributed by atoms with van der Waals surface area (Å²) in [6.45, 7) is 2.92. The van der Waals surface area contributed by atoms with Crippen LogP contribution in [0.2, 0.25) is 0 Å². The number of halogens is 2. The molecule has 134 valence electrons. The third-order valence-corrected chi connectivity index (χ3v) is 5.47. The molecule has 2 fully saturated rings. The van der Waals surface area contributed by atoms with Gasteiger partial charge in [0, 0.05) is 12.3 Å². The number of fused-ring (bicyclic) bond motifs is 1. The maximum absolute atomic E-state index is 15.1. The van der Waals surface area contributed by atoms with E-state index < -0.39 is 48.7 Å². The van der Waals surface area contributed by atoms with Crippen molar-refractivity contribution in [3.05, 3.63) is 33.1 Å². The normalized spacial score (nSPS) is 39.1. The van der Waals surface area contributed by atoms with Crippen LogP contribution in [0.25, 0.3) is 0 Å². The molecular formula is C12H15ClFN2O7P. The number of alkyl halides is 2. The second kappa shape index (κ2) is 6.05. The summed E-state index contributed by atoms with van der Waals surface area (Å²) in [5.74, 6) is 0. The summed E-state index contributed by atoms with van der Waals surface area (Å²) in [6, 6.07) is 1.02. The molecule has 0 aliphatic carbocycles. The van der Waals surface area contributed by atoms with E-state index in [4.69, 9.17) is 29.9 Å². The predicted octanol–water partition coefficient (Wildman–Crippen LogP) is 1.29. The van der Waals surface area contributed by atoms with E-state index in [9.17, 15) is 14.2 Å². The average Bonchev–Trinajstić information content (AvgIpc) is 2.69. The van der Waals surface area contributed by atoms with Crippen LogP contribution in [0.5, 0.6) is 0 Å². The first-order valence-corrected chi connectivity index (χ1v) is 8.92. The number of nitrogens with zero attached hydrogens (tertiary/aromatic N) is 1. The molecule has 12 heteroatoms. The number of ether oxygens (including phenoxy) is 1. The molecule has 1 N–H and O–H groups in total. The van der Waals surface area contributed by atoms with Gasteiger partial charge in [0.15, 0.2) is 12.3 Å². The Morgan fingerprint density at radius 1 is 1.54 bits per heavy atom. The van der Waals surface area contributed by atoms with E-state index in [0.717, 1.165) is 16.8 Å². The highest BCUT2D eigenvalue weighted by atomic mass is 35.5. The summed E-state index contributed by atoms with van der Waals surface area (Å²) in [5.41, 5.74) is -1.56. The molecule has 0 saturated carbocycles. The smallest absolute Gasteiger partial charge is 0.344 e. The summed E-state index contributed by atoms with van der Waals surface area (Å²) in [7, 11) is -4.01. The molecule has 0 radical (unpaired) electrons. The van der Waals surface area contributed by atoms with Gasteiger partial charge >= 0.3 is 13.5 Å². The van der Waals surface area contributed by atoms with Crippen molar-refractivity contribution in [3.63, 3.8) is 0 Å². The van der Waals surface area contributed by atoms with Crippen LogP contribution in [0.3, 0.4) is 0 Å². The van der Waals surface area contributed by atoms with Gasteiger partial charge in [0.1, 0.15) is 6.10 Å². The maximum Gasteiger partial charge on any atom is 0.475 e. The molecule has 24 heavy (non-hydrogen) atoms. The SMILES string of the molecule is CC(C)OP1(=O)OCC2OC(n3ccc(=O)[nH]c3=O)C(F)(Cl)C2O1. The number of phosphoric acid groups is 1. The van der Waals surface area contributed by atoms with Crippen LogP contribution in [-0.4, -0.2) is 39.6 Å². The molecule has 5 atom stereocenters. The molecular weight excluding hydrogens is 370 g/mol. The van der Waals surface area contributed by atoms with E-state index >= 15 is 4.39 Å². The Balaban J connectivity index is 1.91. The summed E-state index contributed by atoms with van der Waals surface area (Å²) >= 11 is 5.92. The Morgan fingerprint density at radius 3 is 2.88 bits per heavy atom. The lowest BCUT2D eigenvalue weighted by Crippen LogP contribution is -2.45. The van der Waals surface area contributed by atoms with E-state index in [-0.39, 0.29) is 6.61 Å². The molecule has 2 saturated heterocycles. The second-order valence-corrected chi connectivity index (χ2v) is 7.80. The molecule has 0 bridgehead atoms. The fraction of sp³-hybridized carbons (Fsp3) is 0.667. The highest BCUT2D eigenvalue weighted by Crippen LogP contribution is 2.60. The lowest BCUT2D eigenvalue weighted by molar-refractivity contribution is -0.0749. The third kappa shape index (κ3) is 3.10. The second-order valence-electron chi connectivity index (χ2n) is 5.64. The highest BCUT2D eigenvalue weighted by molar-refractivity contribution is 7.48. The van der Waals surface area contributed by atoms with Crippen molar-refractivity contribution in [2.24, 2.45) is 0 Å². The fourth-order valence-corrected chi connectivity index (χ4v) is 4.48. The van der Waals surface area contributed by atoms with E-state index in [1.807, 2.05) is 4.98 Å². The van der Waals surface area contributed by atoms with Gasteiger partial charge in [0.05, 0.1) is 12.7 Å². The lowest BCUT2D eigenvalue weighted by Gasteiger charge is -2.33. The Hall–Kier alpha value is -1.03. The van der Waals surface area contributed by atoms with Crippen molar-refractivity contribution in [3.8, 4) is 0 Å². The quantitative estimate of drug-likeness (QED) is 0.617. The minimum Gasteiger partial charge on any atom is -0.344 e. The number of hydrogen-bond donors (Lipinski definition) is 1. The zero-order valence-electron chi connectivity index (χ0n) is 12.7. The maximum atomic E-state index is 15.1. The third-order valence-electron chi connectivity index (χ3n) is 3.43. The number of phosphoric ester groups is 1. The molecule has 9 nitrogen and oxygen atoms in total. The minimum absolute atomic E-state index is 0.290. The van der Waals surface area contributed by atoms with Gasteiger partial charge in [-0.05, 0) is 13.8 Å². The fourth-order valence-electron chi connectivity index (χ4n) is 2.49. The Kier molecular flexibility index (Phi) is 4.48. The monoisotopic (exact) mass is 384 g/mol. The molecule has 0 aromatic carbocycles. The molecule has 1 aromatic heterocycles. The van der Waals surface area contributed by atoms with Crippen LogP contribution in [-0.2, 0) is 22.9 Å². The number of hydrogen-bond acceptors (Lipinski definition) is 7. The number of aromatic amines is 1. The van der Waals surface area contributed by atoms with Gasteiger partial charge in [0.25, 0.3) is 10.7 Å². The van der Waals surface area contributed by atoms with E-state index in [2.05, 4.69) is 0 Å². The average molecular weight is 385 g/mol. The van der Waals surface area contributed by atoms with Gasteiger partial charge in [-0.15, -0.1) is 0 Å². The molecule has 5 unspecified atom stereocenters. The number of nitrogens with one attached hydrogen (secondary N) is 1. The van der Waals surface area contributed by atoms with Crippen LogP contribution in [0.4, 0.5) is 4.39 Å². The predicted molar refractivity (Wildman–Crippen MR) is 79.6 cm³/mol. The minimum atomic E-state index is -4.01. The molecule has 3 heterocycles. The number of rotatable bonds is 3. The Labute approximate surface area is 140 Å². The molecule has 0 amide bonds. The highest BCUT2D eigenvalue weighted by Gasteiger charge is 2.63. The summed E-state index contributed by atoms with van der Waals surface area (Å²) in [4.78, 5) is 24.9. The van der Waals surface area contributed by atoms with Crippen LogP contribution >= 0.6 is 19.4 Å². The van der Waals surface area contributed by atoms with Crippen LogP contribution in [0.1, 0.15) is 20.1 Å². The Bertz CT molecular complexity index is 794.